The Bertz CT molecular complexity index is 1020. The predicted octanol–water partition coefficient (Wildman–Crippen LogP) is 4.33. The Hall–Kier alpha value is -2.78. The molecular weight excluding hydrogens is 420 g/mol. The van der Waals surface area contributed by atoms with Gasteiger partial charge in [-0.3, -0.25) is 19.8 Å². The van der Waals surface area contributed by atoms with Crippen molar-refractivity contribution >= 4 is 52.5 Å². The predicted molar refractivity (Wildman–Crippen MR) is 99.1 cm³/mol. The monoisotopic (exact) mass is 428 g/mol. The maximum atomic E-state index is 13.3. The minimum absolute atomic E-state index is 0.232. The minimum Gasteiger partial charge on any atom is -0.298 e. The van der Waals surface area contributed by atoms with E-state index in [9.17, 15) is 27.2 Å². The Morgan fingerprint density at radius 3 is 2.32 bits per heavy atom. The summed E-state index contributed by atoms with van der Waals surface area (Å²) < 4.78 is 52.9. The van der Waals surface area contributed by atoms with E-state index in [-0.39, 0.29) is 10.8 Å². The first-order valence-corrected chi connectivity index (χ1v) is 8.40. The highest BCUT2D eigenvalue weighted by atomic mass is 35.5. The molecule has 3 rings (SSSR count). The van der Waals surface area contributed by atoms with Crippen molar-refractivity contribution in [2.75, 3.05) is 4.90 Å². The summed E-state index contributed by atoms with van der Waals surface area (Å²) in [5.74, 6) is -2.98. The van der Waals surface area contributed by atoms with Gasteiger partial charge in [0.2, 0.25) is 0 Å². The molecule has 0 spiro atoms. The van der Waals surface area contributed by atoms with Gasteiger partial charge in [0, 0.05) is 5.02 Å². The number of halogens is 5. The molecule has 0 aliphatic carbocycles. The molecule has 1 heterocycles. The SMILES string of the molecule is O=C1NC(=S)N(c2ccc(Cl)cc2)C(=O)/C1=C/c1ccc(F)cc1C(F)(F)F. The van der Waals surface area contributed by atoms with E-state index in [2.05, 4.69) is 5.32 Å². The topological polar surface area (TPSA) is 49.4 Å². The van der Waals surface area contributed by atoms with Crippen LogP contribution in [0.5, 0.6) is 0 Å². The van der Waals surface area contributed by atoms with Crippen LogP contribution in [-0.2, 0) is 15.8 Å². The lowest BCUT2D eigenvalue weighted by molar-refractivity contribution is -0.138. The van der Waals surface area contributed by atoms with Gasteiger partial charge in [-0.05, 0) is 60.3 Å². The number of hydrogen-bond acceptors (Lipinski definition) is 3. The molecule has 0 aromatic heterocycles. The van der Waals surface area contributed by atoms with Gasteiger partial charge < -0.3 is 0 Å². The van der Waals surface area contributed by atoms with E-state index in [4.69, 9.17) is 23.8 Å². The zero-order chi connectivity index (χ0) is 20.6. The van der Waals surface area contributed by atoms with Crippen LogP contribution in [0, 0.1) is 5.82 Å². The lowest BCUT2D eigenvalue weighted by Gasteiger charge is -2.29. The molecular formula is C18H9ClF4N2O2S. The third kappa shape index (κ3) is 3.90. The Kier molecular flexibility index (Phi) is 5.22. The van der Waals surface area contributed by atoms with E-state index in [1.54, 1.807) is 0 Å². The van der Waals surface area contributed by atoms with Crippen molar-refractivity contribution in [3.63, 3.8) is 0 Å². The molecule has 10 heteroatoms. The maximum absolute atomic E-state index is 13.3. The van der Waals surface area contributed by atoms with Gasteiger partial charge in [-0.2, -0.15) is 13.2 Å². The van der Waals surface area contributed by atoms with Crippen LogP contribution in [0.15, 0.2) is 48.0 Å². The molecule has 2 aromatic carbocycles. The van der Waals surface area contributed by atoms with E-state index in [1.165, 1.54) is 24.3 Å². The van der Waals surface area contributed by atoms with Gasteiger partial charge in [0.25, 0.3) is 11.8 Å². The Labute approximate surface area is 166 Å². The Balaban J connectivity index is 2.09. The molecule has 28 heavy (non-hydrogen) atoms. The van der Waals surface area contributed by atoms with Gasteiger partial charge in [0.1, 0.15) is 11.4 Å². The van der Waals surface area contributed by atoms with Crippen molar-refractivity contribution in [2.45, 2.75) is 6.18 Å². The summed E-state index contributed by atoms with van der Waals surface area (Å²) in [5.41, 5.74) is -2.16. The number of nitrogens with zero attached hydrogens (tertiary/aromatic N) is 1. The summed E-state index contributed by atoms with van der Waals surface area (Å²) >= 11 is 10.8. The quantitative estimate of drug-likeness (QED) is 0.335. The number of anilines is 1. The second-order valence-electron chi connectivity index (χ2n) is 5.66. The minimum atomic E-state index is -4.88. The number of alkyl halides is 3. The first-order chi connectivity index (χ1) is 13.1. The van der Waals surface area contributed by atoms with Crippen molar-refractivity contribution in [2.24, 2.45) is 0 Å². The first kappa shape index (κ1) is 20.0. The van der Waals surface area contributed by atoms with Crippen molar-refractivity contribution in [1.29, 1.82) is 0 Å². The van der Waals surface area contributed by atoms with Gasteiger partial charge >= 0.3 is 6.18 Å². The van der Waals surface area contributed by atoms with Crippen molar-refractivity contribution in [1.82, 2.24) is 5.32 Å². The molecule has 2 aromatic rings. The van der Waals surface area contributed by atoms with Crippen LogP contribution in [0.4, 0.5) is 23.2 Å². The summed E-state index contributed by atoms with van der Waals surface area (Å²) in [6.07, 6.45) is -4.13. The second kappa shape index (κ2) is 7.33. The van der Waals surface area contributed by atoms with Crippen LogP contribution in [-0.4, -0.2) is 16.9 Å². The maximum Gasteiger partial charge on any atom is 0.417 e. The molecule has 0 atom stereocenters. The highest BCUT2D eigenvalue weighted by molar-refractivity contribution is 7.80. The van der Waals surface area contributed by atoms with Gasteiger partial charge in [-0.15, -0.1) is 0 Å². The molecule has 4 nitrogen and oxygen atoms in total. The third-order valence-corrected chi connectivity index (χ3v) is 4.34. The fraction of sp³-hybridized carbons (Fsp3) is 0.0556. The highest BCUT2D eigenvalue weighted by Crippen LogP contribution is 2.34. The zero-order valence-corrected chi connectivity index (χ0v) is 15.3. The normalized spacial score (nSPS) is 16.5. The van der Waals surface area contributed by atoms with Gasteiger partial charge in [0.05, 0.1) is 11.3 Å². The first-order valence-electron chi connectivity index (χ1n) is 7.61. The van der Waals surface area contributed by atoms with E-state index in [1.807, 2.05) is 0 Å². The standard InChI is InChI=1S/C18H9ClF4N2O2S/c19-10-2-5-12(6-3-10)25-16(27)13(15(26)24-17(25)28)7-9-1-4-11(20)8-14(9)18(21,22)23/h1-8H,(H,24,26,28)/b13-7+. The molecule has 1 fully saturated rings. The Morgan fingerprint density at radius 1 is 1.07 bits per heavy atom. The van der Waals surface area contributed by atoms with Crippen molar-refractivity contribution in [3.05, 3.63) is 70.0 Å². The van der Waals surface area contributed by atoms with Crippen LogP contribution in [0.3, 0.4) is 0 Å². The fourth-order valence-electron chi connectivity index (χ4n) is 2.54. The molecule has 1 aliphatic heterocycles. The van der Waals surface area contributed by atoms with Crippen LogP contribution in [0.25, 0.3) is 6.08 Å². The van der Waals surface area contributed by atoms with Gasteiger partial charge in [-0.1, -0.05) is 17.7 Å². The lowest BCUT2D eigenvalue weighted by Crippen LogP contribution is -2.54. The number of amides is 2. The summed E-state index contributed by atoms with van der Waals surface area (Å²) in [4.78, 5) is 25.9. The number of carbonyl (C=O) groups is 2. The summed E-state index contributed by atoms with van der Waals surface area (Å²) in [6.45, 7) is 0. The molecule has 0 radical (unpaired) electrons. The molecule has 144 valence electrons. The van der Waals surface area contributed by atoms with E-state index in [0.717, 1.165) is 23.1 Å². The fourth-order valence-corrected chi connectivity index (χ4v) is 2.94. The number of thiocarbonyl (C=S) groups is 1. The summed E-state index contributed by atoms with van der Waals surface area (Å²) in [7, 11) is 0. The van der Waals surface area contributed by atoms with Crippen molar-refractivity contribution in [3.8, 4) is 0 Å². The van der Waals surface area contributed by atoms with Crippen LogP contribution in [0.2, 0.25) is 5.02 Å². The van der Waals surface area contributed by atoms with Gasteiger partial charge in [-0.25, -0.2) is 4.39 Å². The smallest absolute Gasteiger partial charge is 0.298 e. The van der Waals surface area contributed by atoms with Gasteiger partial charge in [0.15, 0.2) is 5.11 Å². The van der Waals surface area contributed by atoms with E-state index >= 15 is 0 Å². The highest BCUT2D eigenvalue weighted by Gasteiger charge is 2.37. The van der Waals surface area contributed by atoms with Crippen LogP contribution < -0.4 is 10.2 Å². The number of carbonyl (C=O) groups excluding carboxylic acids is 2. The van der Waals surface area contributed by atoms with E-state index in [0.29, 0.717) is 11.1 Å². The number of benzene rings is 2. The van der Waals surface area contributed by atoms with E-state index < -0.39 is 40.5 Å². The third-order valence-electron chi connectivity index (χ3n) is 3.81. The average Bonchev–Trinajstić information content (AvgIpc) is 2.60. The van der Waals surface area contributed by atoms with Crippen LogP contribution in [0.1, 0.15) is 11.1 Å². The molecule has 2 amide bonds. The van der Waals surface area contributed by atoms with Crippen LogP contribution >= 0.6 is 23.8 Å². The molecule has 0 saturated carbocycles. The lowest BCUT2D eigenvalue weighted by atomic mass is 10.0. The second-order valence-corrected chi connectivity index (χ2v) is 6.49. The molecule has 0 bridgehead atoms. The summed E-state index contributed by atoms with van der Waals surface area (Å²) in [5, 5.41) is 2.41. The zero-order valence-electron chi connectivity index (χ0n) is 13.7. The molecule has 1 N–H and O–H groups in total. The molecule has 1 saturated heterocycles. The largest absolute Gasteiger partial charge is 0.417 e. The van der Waals surface area contributed by atoms with Crippen molar-refractivity contribution < 1.29 is 27.2 Å². The Morgan fingerprint density at radius 2 is 1.71 bits per heavy atom. The number of rotatable bonds is 2. The average molecular weight is 429 g/mol. The molecule has 1 aliphatic rings. The summed E-state index contributed by atoms with van der Waals surface area (Å²) in [6, 6.07) is 7.81. The number of hydrogen-bond donors (Lipinski definition) is 1. The number of nitrogens with one attached hydrogen (secondary N) is 1. The molecule has 0 unspecified atom stereocenters.